The molecule has 2 aromatic carbocycles. The number of urea groups is 1. The second-order valence-electron chi connectivity index (χ2n) is 4.87. The van der Waals surface area contributed by atoms with Crippen LogP contribution in [0.15, 0.2) is 48.5 Å². The first-order valence-corrected chi connectivity index (χ1v) is 6.86. The van der Waals surface area contributed by atoms with Crippen LogP contribution in [0.4, 0.5) is 16.2 Å². The molecule has 0 aliphatic carbocycles. The second kappa shape index (κ2) is 6.44. The molecule has 0 bridgehead atoms. The van der Waals surface area contributed by atoms with Crippen molar-refractivity contribution in [2.24, 2.45) is 0 Å². The summed E-state index contributed by atoms with van der Waals surface area (Å²) in [5, 5.41) is 6.10. The van der Waals surface area contributed by atoms with E-state index in [1.165, 1.54) is 5.56 Å². The predicted octanol–water partition coefficient (Wildman–Crippen LogP) is 5.11. The molecular formula is C16H17ClN2O. The fourth-order valence-corrected chi connectivity index (χ4v) is 2.00. The zero-order chi connectivity index (χ0) is 14.5. The number of hydrogen-bond acceptors (Lipinski definition) is 1. The topological polar surface area (TPSA) is 41.1 Å². The molecule has 2 rings (SSSR count). The van der Waals surface area contributed by atoms with Gasteiger partial charge in [0, 0.05) is 16.4 Å². The highest BCUT2D eigenvalue weighted by Crippen LogP contribution is 2.18. The minimum atomic E-state index is -0.287. The van der Waals surface area contributed by atoms with Crippen LogP contribution in [0.1, 0.15) is 25.3 Å². The Morgan fingerprint density at radius 3 is 2.25 bits per heavy atom. The Hall–Kier alpha value is -2.00. The number of benzene rings is 2. The fourth-order valence-electron chi connectivity index (χ4n) is 1.81. The van der Waals surface area contributed by atoms with Gasteiger partial charge in [0.2, 0.25) is 0 Å². The van der Waals surface area contributed by atoms with Crippen LogP contribution in [0.5, 0.6) is 0 Å². The lowest BCUT2D eigenvalue weighted by Crippen LogP contribution is -2.19. The van der Waals surface area contributed by atoms with Crippen molar-refractivity contribution in [1.82, 2.24) is 0 Å². The normalized spacial score (nSPS) is 10.4. The van der Waals surface area contributed by atoms with Crippen molar-refractivity contribution >= 4 is 29.0 Å². The molecular weight excluding hydrogens is 272 g/mol. The maximum Gasteiger partial charge on any atom is 0.323 e. The van der Waals surface area contributed by atoms with E-state index in [0.29, 0.717) is 16.6 Å². The van der Waals surface area contributed by atoms with E-state index in [9.17, 15) is 4.79 Å². The van der Waals surface area contributed by atoms with E-state index in [0.717, 1.165) is 5.69 Å². The van der Waals surface area contributed by atoms with Gasteiger partial charge in [-0.25, -0.2) is 4.79 Å². The molecule has 2 aromatic rings. The van der Waals surface area contributed by atoms with Gasteiger partial charge < -0.3 is 10.6 Å². The Labute approximate surface area is 124 Å². The van der Waals surface area contributed by atoms with Gasteiger partial charge in [-0.2, -0.15) is 0 Å². The Morgan fingerprint density at radius 2 is 1.65 bits per heavy atom. The maximum absolute atomic E-state index is 11.8. The van der Waals surface area contributed by atoms with Gasteiger partial charge >= 0.3 is 6.03 Å². The predicted molar refractivity (Wildman–Crippen MR) is 84.6 cm³/mol. The highest BCUT2D eigenvalue weighted by atomic mass is 35.5. The summed E-state index contributed by atoms with van der Waals surface area (Å²) in [4.78, 5) is 11.8. The molecule has 20 heavy (non-hydrogen) atoms. The number of hydrogen-bond donors (Lipinski definition) is 2. The lowest BCUT2D eigenvalue weighted by Gasteiger charge is -2.09. The molecule has 0 fully saturated rings. The molecule has 3 nitrogen and oxygen atoms in total. The third-order valence-corrected chi connectivity index (χ3v) is 3.15. The van der Waals surface area contributed by atoms with E-state index in [2.05, 4.69) is 24.5 Å². The van der Waals surface area contributed by atoms with Gasteiger partial charge in [-0.05, 0) is 41.8 Å². The summed E-state index contributed by atoms with van der Waals surface area (Å²) >= 11 is 5.86. The number of amides is 2. The average molecular weight is 289 g/mol. The van der Waals surface area contributed by atoms with Crippen LogP contribution in [0.3, 0.4) is 0 Å². The van der Waals surface area contributed by atoms with Crippen molar-refractivity contribution < 1.29 is 4.79 Å². The number of rotatable bonds is 3. The van der Waals surface area contributed by atoms with Gasteiger partial charge in [0.15, 0.2) is 0 Å². The molecule has 0 spiro atoms. The summed E-state index contributed by atoms with van der Waals surface area (Å²) < 4.78 is 0. The molecule has 0 saturated carbocycles. The van der Waals surface area contributed by atoms with Gasteiger partial charge in [0.25, 0.3) is 0 Å². The Balaban J connectivity index is 1.97. The monoisotopic (exact) mass is 288 g/mol. The highest BCUT2D eigenvalue weighted by molar-refractivity contribution is 6.30. The fraction of sp³-hybridized carbons (Fsp3) is 0.188. The molecule has 0 saturated heterocycles. The van der Waals surface area contributed by atoms with E-state index in [1.807, 2.05) is 24.3 Å². The molecule has 104 valence electrons. The van der Waals surface area contributed by atoms with Crippen LogP contribution in [0.25, 0.3) is 0 Å². The highest BCUT2D eigenvalue weighted by Gasteiger charge is 2.04. The number of nitrogens with one attached hydrogen (secondary N) is 2. The Bertz CT molecular complexity index is 594. The molecule has 0 aliphatic rings. The van der Waals surface area contributed by atoms with Crippen LogP contribution in [-0.4, -0.2) is 6.03 Å². The smallest absolute Gasteiger partial charge is 0.308 e. The first kappa shape index (κ1) is 14.4. The summed E-state index contributed by atoms with van der Waals surface area (Å²) in [6.45, 7) is 4.27. The zero-order valence-corrected chi connectivity index (χ0v) is 12.2. The molecule has 0 aliphatic heterocycles. The first-order valence-electron chi connectivity index (χ1n) is 6.48. The van der Waals surface area contributed by atoms with Gasteiger partial charge in [0.05, 0.1) is 0 Å². The van der Waals surface area contributed by atoms with Crippen molar-refractivity contribution in [2.75, 3.05) is 10.6 Å². The van der Waals surface area contributed by atoms with Crippen molar-refractivity contribution in [3.63, 3.8) is 0 Å². The SMILES string of the molecule is CC(C)c1ccc(NC(=O)Nc2cccc(Cl)c2)cc1. The van der Waals surface area contributed by atoms with E-state index in [4.69, 9.17) is 11.6 Å². The number of halogens is 1. The molecule has 4 heteroatoms. The summed E-state index contributed by atoms with van der Waals surface area (Å²) in [5.74, 6) is 0.476. The van der Waals surface area contributed by atoms with Crippen LogP contribution in [0.2, 0.25) is 5.02 Å². The van der Waals surface area contributed by atoms with Crippen molar-refractivity contribution in [1.29, 1.82) is 0 Å². The summed E-state index contributed by atoms with van der Waals surface area (Å²) in [7, 11) is 0. The third-order valence-electron chi connectivity index (χ3n) is 2.92. The van der Waals surface area contributed by atoms with E-state index in [-0.39, 0.29) is 6.03 Å². The second-order valence-corrected chi connectivity index (χ2v) is 5.30. The maximum atomic E-state index is 11.8. The van der Waals surface area contributed by atoms with Crippen molar-refractivity contribution in [3.05, 3.63) is 59.1 Å². The molecule has 0 aromatic heterocycles. The standard InChI is InChI=1S/C16H17ClN2O/c1-11(2)12-6-8-14(9-7-12)18-16(20)19-15-5-3-4-13(17)10-15/h3-11H,1-2H3,(H2,18,19,20). The molecule has 0 heterocycles. The minimum absolute atomic E-state index is 0.287. The van der Waals surface area contributed by atoms with E-state index < -0.39 is 0 Å². The lowest BCUT2D eigenvalue weighted by molar-refractivity contribution is 0.262. The summed E-state index contributed by atoms with van der Waals surface area (Å²) in [5.41, 5.74) is 2.66. The number of carbonyl (C=O) groups excluding carboxylic acids is 1. The van der Waals surface area contributed by atoms with Gasteiger partial charge in [-0.3, -0.25) is 0 Å². The van der Waals surface area contributed by atoms with Crippen molar-refractivity contribution in [2.45, 2.75) is 19.8 Å². The average Bonchev–Trinajstić information content (AvgIpc) is 2.39. The molecule has 2 N–H and O–H groups in total. The molecule has 0 unspecified atom stereocenters. The molecule has 0 radical (unpaired) electrons. The van der Waals surface area contributed by atoms with Crippen molar-refractivity contribution in [3.8, 4) is 0 Å². The Morgan fingerprint density at radius 1 is 1.00 bits per heavy atom. The molecule has 0 atom stereocenters. The van der Waals surface area contributed by atoms with E-state index in [1.54, 1.807) is 24.3 Å². The number of anilines is 2. The van der Waals surface area contributed by atoms with Gasteiger partial charge in [-0.1, -0.05) is 43.6 Å². The Kier molecular flexibility index (Phi) is 4.64. The van der Waals surface area contributed by atoms with Crippen LogP contribution in [0, 0.1) is 0 Å². The van der Waals surface area contributed by atoms with E-state index >= 15 is 0 Å². The molecule has 2 amide bonds. The zero-order valence-electron chi connectivity index (χ0n) is 11.5. The van der Waals surface area contributed by atoms with Gasteiger partial charge in [0.1, 0.15) is 0 Å². The lowest BCUT2D eigenvalue weighted by atomic mass is 10.0. The van der Waals surface area contributed by atoms with Crippen LogP contribution < -0.4 is 10.6 Å². The quantitative estimate of drug-likeness (QED) is 0.810. The largest absolute Gasteiger partial charge is 0.323 e. The van der Waals surface area contributed by atoms with Crippen LogP contribution in [-0.2, 0) is 0 Å². The first-order chi connectivity index (χ1) is 9.54. The van der Waals surface area contributed by atoms with Crippen LogP contribution >= 0.6 is 11.6 Å². The van der Waals surface area contributed by atoms with Gasteiger partial charge in [-0.15, -0.1) is 0 Å². The summed E-state index contributed by atoms with van der Waals surface area (Å²) in [6.07, 6.45) is 0. The number of carbonyl (C=O) groups is 1. The summed E-state index contributed by atoms with van der Waals surface area (Å²) in [6, 6.07) is 14.6. The minimum Gasteiger partial charge on any atom is -0.308 e. The third kappa shape index (κ3) is 4.00.